The Hall–Kier alpha value is -2.24. The molecule has 2 N–H and O–H groups in total. The summed E-state index contributed by atoms with van der Waals surface area (Å²) in [7, 11) is 1.68. The van der Waals surface area contributed by atoms with Gasteiger partial charge < -0.3 is 14.4 Å². The molecule has 6 heteroatoms. The van der Waals surface area contributed by atoms with Crippen molar-refractivity contribution in [1.82, 2.24) is 4.98 Å². The maximum atomic E-state index is 11.2. The predicted octanol–water partition coefficient (Wildman–Crippen LogP) is 1.42. The third-order valence-electron chi connectivity index (χ3n) is 3.15. The number of H-pyrrole nitrogens is 1. The largest absolute Gasteiger partial charge is 0.480 e. The molecule has 2 aromatic rings. The van der Waals surface area contributed by atoms with Crippen LogP contribution in [0.15, 0.2) is 27.4 Å². The topological polar surface area (TPSA) is 86.5 Å². The molecule has 0 aliphatic heterocycles. The smallest absolute Gasteiger partial charge is 0.417 e. The minimum absolute atomic E-state index is 0.408. The summed E-state index contributed by atoms with van der Waals surface area (Å²) in [5.41, 5.74) is 0.609. The number of benzene rings is 1. The van der Waals surface area contributed by atoms with Gasteiger partial charge in [-0.1, -0.05) is 0 Å². The Balaban J connectivity index is 2.48. The molecule has 6 nitrogen and oxygen atoms in total. The fourth-order valence-electron chi connectivity index (χ4n) is 1.61. The van der Waals surface area contributed by atoms with Crippen LogP contribution >= 0.6 is 0 Å². The average Bonchev–Trinajstić information content (AvgIpc) is 2.66. The van der Waals surface area contributed by atoms with E-state index in [1.807, 2.05) is 0 Å². The number of carbonyl (C=O) groups is 1. The first kappa shape index (κ1) is 12.2. The second kappa shape index (κ2) is 3.90. The normalized spacial score (nSPS) is 11.7. The van der Waals surface area contributed by atoms with Crippen LogP contribution < -0.4 is 10.7 Å². The lowest BCUT2D eigenvalue weighted by atomic mass is 10.0. The number of nitrogens with one attached hydrogen (secondary N) is 1. The van der Waals surface area contributed by atoms with Gasteiger partial charge in [0, 0.05) is 18.8 Å². The van der Waals surface area contributed by atoms with Gasteiger partial charge in [-0.25, -0.2) is 9.59 Å². The lowest BCUT2D eigenvalue weighted by Gasteiger charge is -2.33. The number of carboxylic acids is 1. The van der Waals surface area contributed by atoms with Gasteiger partial charge in [0.25, 0.3) is 0 Å². The maximum absolute atomic E-state index is 11.2. The Labute approximate surface area is 103 Å². The van der Waals surface area contributed by atoms with Crippen molar-refractivity contribution in [3.63, 3.8) is 0 Å². The summed E-state index contributed by atoms with van der Waals surface area (Å²) in [5.74, 6) is -1.46. The first-order chi connectivity index (χ1) is 8.32. The van der Waals surface area contributed by atoms with E-state index >= 15 is 0 Å². The van der Waals surface area contributed by atoms with Gasteiger partial charge in [0.05, 0.1) is 5.52 Å². The van der Waals surface area contributed by atoms with Gasteiger partial charge >= 0.3 is 11.7 Å². The van der Waals surface area contributed by atoms with Crippen LogP contribution in [-0.4, -0.2) is 28.6 Å². The lowest BCUT2D eigenvalue weighted by molar-refractivity contribution is -0.142. The zero-order valence-electron chi connectivity index (χ0n) is 10.4. The van der Waals surface area contributed by atoms with Gasteiger partial charge in [-0.2, -0.15) is 0 Å². The molecule has 0 unspecified atom stereocenters. The Morgan fingerprint density at radius 2 is 2.11 bits per heavy atom. The van der Waals surface area contributed by atoms with Gasteiger partial charge in [-0.05, 0) is 26.0 Å². The van der Waals surface area contributed by atoms with Crippen LogP contribution in [0.4, 0.5) is 5.69 Å². The molecule has 0 aliphatic carbocycles. The van der Waals surface area contributed by atoms with Gasteiger partial charge in [-0.15, -0.1) is 0 Å². The molecule has 1 aromatic heterocycles. The van der Waals surface area contributed by atoms with Crippen molar-refractivity contribution in [2.45, 2.75) is 19.4 Å². The fourth-order valence-corrected chi connectivity index (χ4v) is 1.61. The highest BCUT2D eigenvalue weighted by Gasteiger charge is 2.32. The first-order valence-corrected chi connectivity index (χ1v) is 5.42. The van der Waals surface area contributed by atoms with Crippen molar-refractivity contribution < 1.29 is 14.3 Å². The summed E-state index contributed by atoms with van der Waals surface area (Å²) in [4.78, 5) is 26.4. The molecule has 0 fully saturated rings. The second-order valence-electron chi connectivity index (χ2n) is 4.62. The van der Waals surface area contributed by atoms with Crippen molar-refractivity contribution in [2.75, 3.05) is 11.9 Å². The number of carboxylic acid groups (broad SMARTS) is 1. The molecule has 1 aromatic carbocycles. The molecule has 0 spiro atoms. The van der Waals surface area contributed by atoms with E-state index in [0.717, 1.165) is 0 Å². The third kappa shape index (κ3) is 1.85. The van der Waals surface area contributed by atoms with E-state index < -0.39 is 17.3 Å². The van der Waals surface area contributed by atoms with Crippen LogP contribution in [0, 0.1) is 0 Å². The summed E-state index contributed by atoms with van der Waals surface area (Å²) >= 11 is 0. The molecule has 18 heavy (non-hydrogen) atoms. The van der Waals surface area contributed by atoms with Gasteiger partial charge in [0.2, 0.25) is 0 Å². The van der Waals surface area contributed by atoms with E-state index in [9.17, 15) is 9.59 Å². The summed E-state index contributed by atoms with van der Waals surface area (Å²) in [6.45, 7) is 3.21. The number of hydrogen-bond donors (Lipinski definition) is 2. The Morgan fingerprint density at radius 3 is 2.72 bits per heavy atom. The molecular formula is C12H14N2O4. The van der Waals surface area contributed by atoms with E-state index in [1.54, 1.807) is 44.0 Å². The number of rotatable bonds is 3. The number of anilines is 1. The van der Waals surface area contributed by atoms with Crippen LogP contribution in [0.1, 0.15) is 13.8 Å². The molecular weight excluding hydrogens is 236 g/mol. The first-order valence-electron chi connectivity index (χ1n) is 5.42. The Bertz CT molecular complexity index is 653. The van der Waals surface area contributed by atoms with Crippen LogP contribution in [0.25, 0.3) is 11.1 Å². The van der Waals surface area contributed by atoms with E-state index in [4.69, 9.17) is 9.52 Å². The predicted molar refractivity (Wildman–Crippen MR) is 67.0 cm³/mol. The van der Waals surface area contributed by atoms with E-state index in [1.165, 1.54) is 0 Å². The highest BCUT2D eigenvalue weighted by Crippen LogP contribution is 2.25. The van der Waals surface area contributed by atoms with Crippen LogP contribution in [0.5, 0.6) is 0 Å². The molecule has 0 amide bonds. The van der Waals surface area contributed by atoms with E-state index in [0.29, 0.717) is 16.8 Å². The highest BCUT2D eigenvalue weighted by molar-refractivity contribution is 5.84. The Kier molecular flexibility index (Phi) is 2.65. The number of aromatic nitrogens is 1. The van der Waals surface area contributed by atoms with Crippen molar-refractivity contribution in [3.05, 3.63) is 28.7 Å². The molecule has 0 saturated carbocycles. The molecule has 0 bridgehead atoms. The van der Waals surface area contributed by atoms with Crippen LogP contribution in [-0.2, 0) is 4.79 Å². The molecule has 0 atom stereocenters. The second-order valence-corrected chi connectivity index (χ2v) is 4.62. The van der Waals surface area contributed by atoms with Gasteiger partial charge in [0.1, 0.15) is 5.54 Å². The standard InChI is InChI=1S/C12H14N2O4/c1-12(2,10(15)16)14(3)7-4-5-8-9(6-7)18-11(17)13-8/h4-6H,1-3H3,(H,13,17)(H,15,16). The molecule has 2 rings (SSSR count). The zero-order chi connectivity index (χ0) is 13.5. The number of aromatic amines is 1. The molecule has 0 saturated heterocycles. The van der Waals surface area contributed by atoms with Crippen molar-refractivity contribution in [2.24, 2.45) is 0 Å². The number of nitrogens with zero attached hydrogens (tertiary/aromatic N) is 1. The number of fused-ring (bicyclic) bond motifs is 1. The lowest BCUT2D eigenvalue weighted by Crippen LogP contribution is -2.48. The molecule has 96 valence electrons. The monoisotopic (exact) mass is 250 g/mol. The van der Waals surface area contributed by atoms with Crippen molar-refractivity contribution in [1.29, 1.82) is 0 Å². The van der Waals surface area contributed by atoms with Crippen LogP contribution in [0.2, 0.25) is 0 Å². The Morgan fingerprint density at radius 1 is 1.44 bits per heavy atom. The van der Waals surface area contributed by atoms with Gasteiger partial charge in [-0.3, -0.25) is 4.98 Å². The van der Waals surface area contributed by atoms with Crippen molar-refractivity contribution in [3.8, 4) is 0 Å². The number of hydrogen-bond acceptors (Lipinski definition) is 4. The summed E-state index contributed by atoms with van der Waals surface area (Å²) in [6.07, 6.45) is 0. The number of aliphatic carboxylic acids is 1. The highest BCUT2D eigenvalue weighted by atomic mass is 16.4. The SMILES string of the molecule is CN(c1ccc2[nH]c(=O)oc2c1)C(C)(C)C(=O)O. The number of likely N-dealkylation sites (N-methyl/N-ethyl adjacent to an activating group) is 1. The fraction of sp³-hybridized carbons (Fsp3) is 0.333. The average molecular weight is 250 g/mol. The molecule has 0 aliphatic rings. The zero-order valence-corrected chi connectivity index (χ0v) is 10.4. The van der Waals surface area contributed by atoms with Gasteiger partial charge in [0.15, 0.2) is 5.58 Å². The summed E-state index contributed by atoms with van der Waals surface area (Å²) in [6, 6.07) is 5.06. The quantitative estimate of drug-likeness (QED) is 0.860. The van der Waals surface area contributed by atoms with E-state index in [-0.39, 0.29) is 0 Å². The molecule has 1 heterocycles. The summed E-state index contributed by atoms with van der Waals surface area (Å²) < 4.78 is 4.95. The van der Waals surface area contributed by atoms with Crippen molar-refractivity contribution >= 4 is 22.8 Å². The number of oxazole rings is 1. The minimum atomic E-state index is -1.05. The summed E-state index contributed by atoms with van der Waals surface area (Å²) in [5, 5.41) is 9.17. The third-order valence-corrected chi connectivity index (χ3v) is 3.15. The molecule has 0 radical (unpaired) electrons. The van der Waals surface area contributed by atoms with E-state index in [2.05, 4.69) is 4.98 Å². The maximum Gasteiger partial charge on any atom is 0.417 e. The minimum Gasteiger partial charge on any atom is -0.480 e. The van der Waals surface area contributed by atoms with Crippen LogP contribution in [0.3, 0.4) is 0 Å².